The molecule has 1 heterocycles. The highest BCUT2D eigenvalue weighted by atomic mass is 32.2. The Morgan fingerprint density at radius 2 is 1.87 bits per heavy atom. The lowest BCUT2D eigenvalue weighted by molar-refractivity contribution is -0.144. The minimum absolute atomic E-state index is 0.234. The molecule has 2 aromatic rings. The molecule has 7 nitrogen and oxygen atoms in total. The maximum Gasteiger partial charge on any atom is 0.344 e. The Morgan fingerprint density at radius 1 is 1.17 bits per heavy atom. The number of nitrogens with one attached hydrogen (secondary N) is 1. The number of hydrogen-bond donors (Lipinski definition) is 2. The molecule has 156 valence electrons. The number of amides is 1. The molecule has 0 aliphatic carbocycles. The van der Waals surface area contributed by atoms with Crippen molar-refractivity contribution in [3.8, 4) is 11.5 Å². The van der Waals surface area contributed by atoms with E-state index in [1.54, 1.807) is 24.3 Å². The van der Waals surface area contributed by atoms with Crippen LogP contribution in [0.4, 0.5) is 5.69 Å². The highest BCUT2D eigenvalue weighted by Gasteiger charge is 2.24. The average Bonchev–Trinajstić information content (AvgIpc) is 3.00. The predicted octanol–water partition coefficient (Wildman–Crippen LogP) is 4.06. The number of carbonyl (C=O) groups is 2. The molecule has 1 aliphatic heterocycles. The largest absolute Gasteiger partial charge is 0.493 e. The third-order valence-electron chi connectivity index (χ3n) is 4.22. The molecule has 1 saturated heterocycles. The first-order chi connectivity index (χ1) is 14.2. The molecular formula is C22H22N2O5S. The molecular weight excluding hydrogens is 404 g/mol. The summed E-state index contributed by atoms with van der Waals surface area (Å²) >= 11 is 1.25. The van der Waals surface area contributed by atoms with E-state index in [9.17, 15) is 9.59 Å². The average molecular weight is 426 g/mol. The summed E-state index contributed by atoms with van der Waals surface area (Å²) in [5.74, 6) is -0.611. The lowest BCUT2D eigenvalue weighted by atomic mass is 10.1. The first kappa shape index (κ1) is 21.4. The van der Waals surface area contributed by atoms with Crippen LogP contribution in [0.15, 0.2) is 46.3 Å². The van der Waals surface area contributed by atoms with E-state index < -0.39 is 12.1 Å². The number of aliphatic carboxylic acids is 1. The number of carboxylic acids is 1. The van der Waals surface area contributed by atoms with Crippen LogP contribution in [0.1, 0.15) is 23.6 Å². The van der Waals surface area contributed by atoms with Crippen LogP contribution in [0, 0.1) is 13.8 Å². The van der Waals surface area contributed by atoms with Crippen molar-refractivity contribution in [1.82, 2.24) is 5.32 Å². The third-order valence-corrected chi connectivity index (χ3v) is 5.13. The molecule has 0 spiro atoms. The summed E-state index contributed by atoms with van der Waals surface area (Å²) in [6.45, 7) is 5.44. The van der Waals surface area contributed by atoms with E-state index in [0.717, 1.165) is 16.8 Å². The Bertz CT molecular complexity index is 1040. The number of nitrogens with zero attached hydrogens (tertiary/aromatic N) is 1. The lowest BCUT2D eigenvalue weighted by Crippen LogP contribution is -2.23. The van der Waals surface area contributed by atoms with Gasteiger partial charge < -0.3 is 19.9 Å². The highest BCUT2D eigenvalue weighted by Crippen LogP contribution is 2.33. The number of carboxylic acid groups (broad SMARTS) is 1. The number of hydrogen-bond acceptors (Lipinski definition) is 6. The van der Waals surface area contributed by atoms with Gasteiger partial charge in [-0.15, -0.1) is 0 Å². The number of amidine groups is 1. The topological polar surface area (TPSA) is 97.2 Å². The van der Waals surface area contributed by atoms with E-state index in [1.807, 2.05) is 26.0 Å². The molecule has 1 aliphatic rings. The molecule has 8 heteroatoms. The van der Waals surface area contributed by atoms with Gasteiger partial charge in [-0.05, 0) is 79.6 Å². The molecule has 2 aromatic carbocycles. The molecule has 0 saturated carbocycles. The third kappa shape index (κ3) is 5.21. The molecule has 1 atom stereocenters. The van der Waals surface area contributed by atoms with E-state index in [1.165, 1.54) is 25.8 Å². The Hall–Kier alpha value is -3.26. The summed E-state index contributed by atoms with van der Waals surface area (Å²) in [4.78, 5) is 28.4. The zero-order valence-corrected chi connectivity index (χ0v) is 17.9. The van der Waals surface area contributed by atoms with Gasteiger partial charge in [0.25, 0.3) is 5.91 Å². The second-order valence-electron chi connectivity index (χ2n) is 6.84. The second kappa shape index (κ2) is 9.04. The van der Waals surface area contributed by atoms with Crippen molar-refractivity contribution in [3.63, 3.8) is 0 Å². The van der Waals surface area contributed by atoms with Crippen LogP contribution in [0.5, 0.6) is 11.5 Å². The molecule has 0 unspecified atom stereocenters. The van der Waals surface area contributed by atoms with E-state index in [0.29, 0.717) is 27.1 Å². The van der Waals surface area contributed by atoms with Crippen molar-refractivity contribution in [1.29, 1.82) is 0 Å². The molecule has 0 aromatic heterocycles. The molecule has 1 amide bonds. The molecule has 2 N–H and O–H groups in total. The smallest absolute Gasteiger partial charge is 0.344 e. The van der Waals surface area contributed by atoms with Crippen LogP contribution >= 0.6 is 11.8 Å². The van der Waals surface area contributed by atoms with Gasteiger partial charge in [0.05, 0.1) is 17.7 Å². The molecule has 0 bridgehead atoms. The number of methoxy groups -OCH3 is 1. The highest BCUT2D eigenvalue weighted by molar-refractivity contribution is 8.18. The maximum atomic E-state index is 12.4. The monoisotopic (exact) mass is 426 g/mol. The Kier molecular flexibility index (Phi) is 6.47. The van der Waals surface area contributed by atoms with Crippen molar-refractivity contribution in [3.05, 3.63) is 58.0 Å². The fourth-order valence-corrected chi connectivity index (χ4v) is 3.72. The summed E-state index contributed by atoms with van der Waals surface area (Å²) in [5.41, 5.74) is 3.71. The normalized spacial score (nSPS) is 17.1. The van der Waals surface area contributed by atoms with Gasteiger partial charge >= 0.3 is 5.97 Å². The van der Waals surface area contributed by atoms with Gasteiger partial charge in [0, 0.05) is 0 Å². The Morgan fingerprint density at radius 3 is 2.50 bits per heavy atom. The predicted molar refractivity (Wildman–Crippen MR) is 117 cm³/mol. The van der Waals surface area contributed by atoms with Gasteiger partial charge in [-0.1, -0.05) is 12.1 Å². The van der Waals surface area contributed by atoms with E-state index in [4.69, 9.17) is 14.6 Å². The number of carbonyl (C=O) groups excluding carboxylic acids is 1. The molecule has 3 rings (SSSR count). The summed E-state index contributed by atoms with van der Waals surface area (Å²) in [6, 6.07) is 11.0. The van der Waals surface area contributed by atoms with Crippen LogP contribution in [0.2, 0.25) is 0 Å². The van der Waals surface area contributed by atoms with Crippen LogP contribution < -0.4 is 14.8 Å². The van der Waals surface area contributed by atoms with Crippen LogP contribution in [-0.2, 0) is 9.59 Å². The Balaban J connectivity index is 1.82. The number of aliphatic imine (C=N–C) groups is 1. The second-order valence-corrected chi connectivity index (χ2v) is 7.87. The fourth-order valence-electron chi connectivity index (χ4n) is 2.88. The first-order valence-electron chi connectivity index (χ1n) is 9.20. The fraction of sp³-hybridized carbons (Fsp3) is 0.227. The number of benzene rings is 2. The van der Waals surface area contributed by atoms with Gasteiger partial charge in [-0.2, -0.15) is 0 Å². The number of thioether (sulfide) groups is 1. The zero-order valence-electron chi connectivity index (χ0n) is 17.1. The van der Waals surface area contributed by atoms with E-state index >= 15 is 0 Å². The summed E-state index contributed by atoms with van der Waals surface area (Å²) in [6.07, 6.45) is 0.708. The summed E-state index contributed by atoms with van der Waals surface area (Å²) < 4.78 is 10.7. The van der Waals surface area contributed by atoms with Crippen molar-refractivity contribution < 1.29 is 24.2 Å². The summed E-state index contributed by atoms with van der Waals surface area (Å²) in [7, 11) is 1.47. The van der Waals surface area contributed by atoms with Crippen molar-refractivity contribution in [2.75, 3.05) is 7.11 Å². The van der Waals surface area contributed by atoms with Gasteiger partial charge in [-0.25, -0.2) is 9.79 Å². The molecule has 1 fully saturated rings. The van der Waals surface area contributed by atoms with Crippen LogP contribution in [0.25, 0.3) is 6.08 Å². The van der Waals surface area contributed by atoms with Gasteiger partial charge in [0.15, 0.2) is 22.8 Å². The van der Waals surface area contributed by atoms with Gasteiger partial charge in [0.2, 0.25) is 0 Å². The van der Waals surface area contributed by atoms with E-state index in [-0.39, 0.29) is 5.91 Å². The number of ether oxygens (including phenoxy) is 2. The SMILES string of the molecule is COc1cc(/C=C2\SC(=Nc3cc(C)cc(C)c3)NC2=O)ccc1O[C@H](C)C(=O)O. The van der Waals surface area contributed by atoms with Crippen molar-refractivity contribution in [2.24, 2.45) is 4.99 Å². The van der Waals surface area contributed by atoms with Gasteiger partial charge in [0.1, 0.15) is 0 Å². The quantitative estimate of drug-likeness (QED) is 0.676. The van der Waals surface area contributed by atoms with E-state index in [2.05, 4.69) is 16.4 Å². The molecule has 0 radical (unpaired) electrons. The first-order valence-corrected chi connectivity index (χ1v) is 10.0. The van der Waals surface area contributed by atoms with Crippen molar-refractivity contribution >= 4 is 40.6 Å². The summed E-state index contributed by atoms with van der Waals surface area (Å²) in [5, 5.41) is 12.3. The molecule has 30 heavy (non-hydrogen) atoms. The minimum Gasteiger partial charge on any atom is -0.493 e. The lowest BCUT2D eigenvalue weighted by Gasteiger charge is -2.14. The number of aryl methyl sites for hydroxylation is 2. The maximum absolute atomic E-state index is 12.4. The van der Waals surface area contributed by atoms with Crippen LogP contribution in [0.3, 0.4) is 0 Å². The van der Waals surface area contributed by atoms with Crippen molar-refractivity contribution in [2.45, 2.75) is 26.9 Å². The standard InChI is InChI=1S/C22H22N2O5S/c1-12-7-13(2)9-16(8-12)23-22-24-20(25)19(30-22)11-15-5-6-17(18(10-15)28-4)29-14(3)21(26)27/h5-11,14H,1-4H3,(H,26,27)(H,23,24,25)/b19-11-/t14-/m1/s1. The zero-order chi connectivity index (χ0) is 21.8. The van der Waals surface area contributed by atoms with Gasteiger partial charge in [-0.3, -0.25) is 4.79 Å². The van der Waals surface area contributed by atoms with Crippen LogP contribution in [-0.4, -0.2) is 35.4 Å². The minimum atomic E-state index is -1.07. The number of rotatable bonds is 6. The Labute approximate surface area is 178 Å².